The van der Waals surface area contributed by atoms with E-state index in [2.05, 4.69) is 15.6 Å². The third kappa shape index (κ3) is 4.61. The Morgan fingerprint density at radius 3 is 2.89 bits per heavy atom. The van der Waals surface area contributed by atoms with Gasteiger partial charge in [0.1, 0.15) is 17.7 Å². The third-order valence-electron chi connectivity index (χ3n) is 5.17. The molecule has 0 bridgehead atoms. The van der Waals surface area contributed by atoms with Gasteiger partial charge in [-0.25, -0.2) is 4.98 Å². The number of aliphatic hydroxyl groups is 1. The van der Waals surface area contributed by atoms with Gasteiger partial charge in [0.15, 0.2) is 0 Å². The van der Waals surface area contributed by atoms with Gasteiger partial charge in [-0.15, -0.1) is 0 Å². The molecule has 1 aliphatic heterocycles. The highest BCUT2D eigenvalue weighted by Gasteiger charge is 2.25. The highest BCUT2D eigenvalue weighted by molar-refractivity contribution is 5.95. The van der Waals surface area contributed by atoms with Gasteiger partial charge in [-0.05, 0) is 55.5 Å². The zero-order valence-corrected chi connectivity index (χ0v) is 15.7. The van der Waals surface area contributed by atoms with Crippen LogP contribution in [0.2, 0.25) is 0 Å². The van der Waals surface area contributed by atoms with Crippen LogP contribution in [0.5, 0.6) is 5.75 Å². The Kier molecular flexibility index (Phi) is 5.45. The lowest BCUT2D eigenvalue weighted by Gasteiger charge is -2.27. The van der Waals surface area contributed by atoms with Crippen LogP contribution in [0.3, 0.4) is 0 Å². The summed E-state index contributed by atoms with van der Waals surface area (Å²) in [5.41, 5.74) is 8.07. The summed E-state index contributed by atoms with van der Waals surface area (Å²) in [5.74, 6) is 1.27. The van der Waals surface area contributed by atoms with E-state index in [1.165, 1.54) is 0 Å². The maximum atomic E-state index is 12.2. The lowest BCUT2D eigenvalue weighted by Crippen LogP contribution is -2.36. The van der Waals surface area contributed by atoms with Gasteiger partial charge >= 0.3 is 0 Å². The predicted molar refractivity (Wildman–Crippen MR) is 106 cm³/mol. The molecule has 1 aromatic carbocycles. The Labute approximate surface area is 164 Å². The highest BCUT2D eigenvalue weighted by Crippen LogP contribution is 2.29. The molecular weight excluding hydrogens is 356 g/mol. The lowest BCUT2D eigenvalue weighted by atomic mass is 9.99. The molecule has 0 spiro atoms. The smallest absolute Gasteiger partial charge is 0.251 e. The Morgan fingerprint density at radius 1 is 1.29 bits per heavy atom. The average Bonchev–Trinajstić information content (AvgIpc) is 3.52. The summed E-state index contributed by atoms with van der Waals surface area (Å²) in [5, 5.41) is 16.5. The fraction of sp³-hybridized carbons (Fsp3) is 0.429. The molecule has 4 rings (SSSR count). The van der Waals surface area contributed by atoms with E-state index in [1.54, 1.807) is 18.3 Å². The second kappa shape index (κ2) is 8.16. The van der Waals surface area contributed by atoms with Crippen LogP contribution in [-0.4, -0.2) is 41.2 Å². The van der Waals surface area contributed by atoms with Gasteiger partial charge in [0.05, 0.1) is 6.10 Å². The summed E-state index contributed by atoms with van der Waals surface area (Å²) in [4.78, 5) is 16.2. The lowest BCUT2D eigenvalue weighted by molar-refractivity contribution is 0.0950. The number of nitrogens with one attached hydrogen (secondary N) is 2. The number of ether oxygens (including phenoxy) is 1. The molecule has 0 radical (unpaired) electrons. The van der Waals surface area contributed by atoms with Gasteiger partial charge in [-0.3, -0.25) is 4.79 Å². The molecule has 1 aliphatic carbocycles. The zero-order chi connectivity index (χ0) is 19.5. The molecule has 1 aromatic heterocycles. The van der Waals surface area contributed by atoms with Crippen LogP contribution in [0.25, 0.3) is 0 Å². The maximum absolute atomic E-state index is 12.2. The maximum Gasteiger partial charge on any atom is 0.251 e. The molecule has 148 valence electrons. The van der Waals surface area contributed by atoms with Crippen molar-refractivity contribution in [3.05, 3.63) is 53.2 Å². The first-order valence-corrected chi connectivity index (χ1v) is 9.79. The number of aliphatic hydroxyl groups excluding tert-OH is 1. The van der Waals surface area contributed by atoms with E-state index in [0.29, 0.717) is 30.5 Å². The number of nitrogens with two attached hydrogens (primary N) is 1. The molecule has 2 heterocycles. The number of nitrogen functional groups attached to an aromatic ring is 1. The molecule has 2 aliphatic rings. The standard InChI is InChI=1S/C21H26N4O3/c22-20-8-3-15(10-24-20)18(26)12-23-11-17-6-1-13-9-14(2-7-19(13)28-17)21(27)25-16-4-5-16/h2-3,7-10,16-18,23,26H,1,4-6,11-12H2,(H2,22,24)(H,25,27)/t17-,18+/m1/s1. The van der Waals surface area contributed by atoms with Crippen LogP contribution in [0.1, 0.15) is 46.9 Å². The van der Waals surface area contributed by atoms with Gasteiger partial charge in [0, 0.05) is 36.5 Å². The second-order valence-electron chi connectivity index (χ2n) is 7.54. The number of amides is 1. The number of pyridine rings is 1. The number of hydrogen-bond donors (Lipinski definition) is 4. The summed E-state index contributed by atoms with van der Waals surface area (Å²) < 4.78 is 6.06. The molecule has 7 nitrogen and oxygen atoms in total. The molecule has 1 saturated carbocycles. The van der Waals surface area contributed by atoms with E-state index in [1.807, 2.05) is 18.2 Å². The Balaban J connectivity index is 1.27. The van der Waals surface area contributed by atoms with Crippen molar-refractivity contribution in [3.8, 4) is 5.75 Å². The van der Waals surface area contributed by atoms with Gasteiger partial charge in [0.2, 0.25) is 0 Å². The van der Waals surface area contributed by atoms with Crippen molar-refractivity contribution in [2.75, 3.05) is 18.8 Å². The van der Waals surface area contributed by atoms with Crippen LogP contribution in [0, 0.1) is 0 Å². The number of benzene rings is 1. The van der Waals surface area contributed by atoms with E-state index in [-0.39, 0.29) is 12.0 Å². The first-order chi connectivity index (χ1) is 13.6. The van der Waals surface area contributed by atoms with Crippen molar-refractivity contribution in [1.29, 1.82) is 0 Å². The van der Waals surface area contributed by atoms with Crippen LogP contribution in [0.15, 0.2) is 36.5 Å². The summed E-state index contributed by atoms with van der Waals surface area (Å²) in [6.07, 6.45) is 4.89. The van der Waals surface area contributed by atoms with Gasteiger partial charge in [-0.1, -0.05) is 6.07 Å². The van der Waals surface area contributed by atoms with Crippen molar-refractivity contribution < 1.29 is 14.6 Å². The van der Waals surface area contributed by atoms with E-state index < -0.39 is 6.10 Å². The monoisotopic (exact) mass is 382 g/mol. The molecule has 2 atom stereocenters. The Bertz CT molecular complexity index is 836. The predicted octanol–water partition coefficient (Wildman–Crippen LogP) is 1.57. The first kappa shape index (κ1) is 18.7. The summed E-state index contributed by atoms with van der Waals surface area (Å²) in [6, 6.07) is 9.46. The van der Waals surface area contributed by atoms with Crippen LogP contribution in [-0.2, 0) is 6.42 Å². The molecule has 1 amide bonds. The topological polar surface area (TPSA) is 110 Å². The number of nitrogens with zero attached hydrogens (tertiary/aromatic N) is 1. The SMILES string of the molecule is Nc1ccc([C@@H](O)CNC[C@H]2CCc3cc(C(=O)NC4CC4)ccc3O2)cn1. The van der Waals surface area contributed by atoms with Crippen molar-refractivity contribution in [2.45, 2.75) is 43.9 Å². The van der Waals surface area contributed by atoms with E-state index in [4.69, 9.17) is 10.5 Å². The number of carbonyl (C=O) groups is 1. The minimum Gasteiger partial charge on any atom is -0.489 e. The molecular formula is C21H26N4O3. The summed E-state index contributed by atoms with van der Waals surface area (Å²) >= 11 is 0. The molecule has 2 aromatic rings. The largest absolute Gasteiger partial charge is 0.489 e. The number of rotatable bonds is 7. The quantitative estimate of drug-likeness (QED) is 0.579. The van der Waals surface area contributed by atoms with Gasteiger partial charge < -0.3 is 26.2 Å². The van der Waals surface area contributed by atoms with Crippen molar-refractivity contribution >= 4 is 11.7 Å². The number of hydrogen-bond acceptors (Lipinski definition) is 6. The van der Waals surface area contributed by atoms with Crippen LogP contribution in [0.4, 0.5) is 5.82 Å². The number of aromatic nitrogens is 1. The first-order valence-electron chi connectivity index (χ1n) is 9.79. The number of fused-ring (bicyclic) bond motifs is 1. The zero-order valence-electron chi connectivity index (χ0n) is 15.7. The number of aryl methyl sites for hydroxylation is 1. The fourth-order valence-corrected chi connectivity index (χ4v) is 3.34. The molecule has 1 fully saturated rings. The molecule has 0 unspecified atom stereocenters. The third-order valence-corrected chi connectivity index (χ3v) is 5.17. The van der Waals surface area contributed by atoms with Crippen LogP contribution >= 0.6 is 0 Å². The van der Waals surface area contributed by atoms with Gasteiger partial charge in [0.25, 0.3) is 5.91 Å². The number of anilines is 1. The molecule has 7 heteroatoms. The van der Waals surface area contributed by atoms with Crippen molar-refractivity contribution in [1.82, 2.24) is 15.6 Å². The summed E-state index contributed by atoms with van der Waals surface area (Å²) in [6.45, 7) is 1.06. The summed E-state index contributed by atoms with van der Waals surface area (Å²) in [7, 11) is 0. The molecule has 0 saturated heterocycles. The van der Waals surface area contributed by atoms with Crippen LogP contribution < -0.4 is 21.1 Å². The van der Waals surface area contributed by atoms with Crippen molar-refractivity contribution in [3.63, 3.8) is 0 Å². The highest BCUT2D eigenvalue weighted by atomic mass is 16.5. The average molecular weight is 382 g/mol. The normalized spacial score (nSPS) is 19.4. The second-order valence-corrected chi connectivity index (χ2v) is 7.54. The minimum absolute atomic E-state index is 0.000218. The minimum atomic E-state index is -0.642. The van der Waals surface area contributed by atoms with E-state index in [0.717, 1.165) is 42.6 Å². The van der Waals surface area contributed by atoms with E-state index >= 15 is 0 Å². The van der Waals surface area contributed by atoms with Crippen molar-refractivity contribution in [2.24, 2.45) is 0 Å². The fourth-order valence-electron chi connectivity index (χ4n) is 3.34. The Morgan fingerprint density at radius 2 is 2.14 bits per heavy atom. The number of carbonyl (C=O) groups excluding carboxylic acids is 1. The van der Waals surface area contributed by atoms with Gasteiger partial charge in [-0.2, -0.15) is 0 Å². The molecule has 5 N–H and O–H groups in total. The Hall–Kier alpha value is -2.64. The molecule has 28 heavy (non-hydrogen) atoms. The van der Waals surface area contributed by atoms with E-state index in [9.17, 15) is 9.90 Å².